The molecule has 3 N–H and O–H groups in total. The van der Waals surface area contributed by atoms with Crippen LogP contribution in [-0.4, -0.2) is 35.5 Å². The van der Waals surface area contributed by atoms with Crippen LogP contribution in [0.4, 0.5) is 0 Å². The molecule has 0 saturated carbocycles. The Hall–Kier alpha value is -1.59. The lowest BCUT2D eigenvalue weighted by atomic mass is 9.86. The van der Waals surface area contributed by atoms with Crippen molar-refractivity contribution < 1.29 is 19.5 Å². The van der Waals surface area contributed by atoms with Gasteiger partial charge in [0.1, 0.15) is 6.04 Å². The van der Waals surface area contributed by atoms with Crippen LogP contribution in [0.15, 0.2) is 0 Å². The molecule has 0 bridgehead atoms. The van der Waals surface area contributed by atoms with Crippen LogP contribution in [0, 0.1) is 10.8 Å². The monoisotopic (exact) mass is 286 g/mol. The minimum atomic E-state index is -1.07. The second-order valence-electron chi connectivity index (χ2n) is 6.96. The van der Waals surface area contributed by atoms with Crippen molar-refractivity contribution in [2.75, 3.05) is 6.54 Å². The summed E-state index contributed by atoms with van der Waals surface area (Å²) in [7, 11) is 0. The predicted octanol–water partition coefficient (Wildman–Crippen LogP) is 1.15. The highest BCUT2D eigenvalue weighted by molar-refractivity contribution is 5.85. The van der Waals surface area contributed by atoms with Gasteiger partial charge in [0.2, 0.25) is 11.8 Å². The first-order valence-corrected chi connectivity index (χ1v) is 6.66. The molecule has 0 fully saturated rings. The minimum Gasteiger partial charge on any atom is -0.480 e. The van der Waals surface area contributed by atoms with Crippen LogP contribution in [0.5, 0.6) is 0 Å². The van der Waals surface area contributed by atoms with Gasteiger partial charge in [-0.2, -0.15) is 0 Å². The molecule has 0 aromatic heterocycles. The van der Waals surface area contributed by atoms with Gasteiger partial charge in [-0.1, -0.05) is 41.5 Å². The summed E-state index contributed by atoms with van der Waals surface area (Å²) >= 11 is 0. The van der Waals surface area contributed by atoms with E-state index in [1.165, 1.54) is 0 Å². The van der Waals surface area contributed by atoms with Crippen molar-refractivity contribution in [2.45, 2.75) is 54.0 Å². The lowest BCUT2D eigenvalue weighted by Crippen LogP contribution is -2.49. The lowest BCUT2D eigenvalue weighted by molar-refractivity contribution is -0.145. The van der Waals surface area contributed by atoms with Crippen LogP contribution in [0.2, 0.25) is 0 Å². The van der Waals surface area contributed by atoms with Crippen LogP contribution in [-0.2, 0) is 14.4 Å². The number of amides is 2. The molecule has 0 saturated heterocycles. The molecule has 0 radical (unpaired) electrons. The van der Waals surface area contributed by atoms with Crippen LogP contribution < -0.4 is 10.6 Å². The fourth-order valence-corrected chi connectivity index (χ4v) is 1.44. The molecule has 0 aromatic rings. The predicted molar refractivity (Wildman–Crippen MR) is 76.1 cm³/mol. The summed E-state index contributed by atoms with van der Waals surface area (Å²) in [5.41, 5.74) is -1.08. The van der Waals surface area contributed by atoms with E-state index in [1.54, 1.807) is 41.5 Å². The number of aliphatic carboxylic acids is 1. The number of carbonyl (C=O) groups excluding carboxylic acids is 2. The van der Waals surface area contributed by atoms with Crippen molar-refractivity contribution in [1.29, 1.82) is 0 Å². The van der Waals surface area contributed by atoms with Crippen LogP contribution in [0.25, 0.3) is 0 Å². The number of carboxylic acids is 1. The Morgan fingerprint density at radius 1 is 1.05 bits per heavy atom. The summed E-state index contributed by atoms with van der Waals surface area (Å²) in [6, 6.07) is -0.951. The van der Waals surface area contributed by atoms with E-state index in [0.29, 0.717) is 0 Å². The summed E-state index contributed by atoms with van der Waals surface area (Å²) in [5.74, 6) is -1.60. The van der Waals surface area contributed by atoms with Crippen molar-refractivity contribution in [3.05, 3.63) is 0 Å². The topological polar surface area (TPSA) is 95.5 Å². The van der Waals surface area contributed by atoms with Crippen LogP contribution in [0.1, 0.15) is 48.0 Å². The van der Waals surface area contributed by atoms with Gasteiger partial charge in [0.25, 0.3) is 0 Å². The Balaban J connectivity index is 4.30. The minimum absolute atomic E-state index is 0.0572. The van der Waals surface area contributed by atoms with E-state index >= 15 is 0 Å². The molecule has 0 aliphatic carbocycles. The van der Waals surface area contributed by atoms with Gasteiger partial charge in [0.05, 0.1) is 0 Å². The summed E-state index contributed by atoms with van der Waals surface area (Å²) < 4.78 is 0. The van der Waals surface area contributed by atoms with Gasteiger partial charge in [0.15, 0.2) is 0 Å². The van der Waals surface area contributed by atoms with Gasteiger partial charge < -0.3 is 15.7 Å². The smallest absolute Gasteiger partial charge is 0.326 e. The molecule has 0 heterocycles. The zero-order valence-electron chi connectivity index (χ0n) is 13.2. The number of rotatable bonds is 5. The Morgan fingerprint density at radius 2 is 1.55 bits per heavy atom. The molecule has 6 nitrogen and oxygen atoms in total. The first-order valence-electron chi connectivity index (χ1n) is 6.66. The zero-order chi connectivity index (χ0) is 16.1. The van der Waals surface area contributed by atoms with E-state index in [4.69, 9.17) is 5.11 Å². The molecular formula is C14H26N2O4. The molecule has 0 rings (SSSR count). The quantitative estimate of drug-likeness (QED) is 0.706. The van der Waals surface area contributed by atoms with E-state index in [2.05, 4.69) is 10.6 Å². The Bertz CT molecular complexity index is 378. The molecule has 0 aromatic carbocycles. The van der Waals surface area contributed by atoms with Gasteiger partial charge in [-0.25, -0.2) is 4.79 Å². The first kappa shape index (κ1) is 18.4. The maximum absolute atomic E-state index is 11.7. The summed E-state index contributed by atoms with van der Waals surface area (Å²) in [4.78, 5) is 34.4. The number of carboxylic acid groups (broad SMARTS) is 1. The molecule has 2 amide bonds. The molecule has 116 valence electrons. The maximum Gasteiger partial charge on any atom is 0.326 e. The standard InChI is InChI=1S/C14H26N2O4/c1-13(2,3)10(11(18)19)16-9(17)7-8-15-12(20)14(4,5)6/h10H,7-8H2,1-6H3,(H,15,20)(H,16,17)(H,18,19)/t10-/m1/s1. The average molecular weight is 286 g/mol. The highest BCUT2D eigenvalue weighted by Crippen LogP contribution is 2.19. The zero-order valence-corrected chi connectivity index (χ0v) is 13.2. The molecule has 1 atom stereocenters. The third-order valence-electron chi connectivity index (χ3n) is 2.74. The number of hydrogen-bond acceptors (Lipinski definition) is 3. The Kier molecular flexibility index (Phi) is 6.19. The molecule has 0 spiro atoms. The SMILES string of the molecule is CC(C)(C)C(=O)NCCC(=O)N[C@H](C(=O)O)C(C)(C)C. The molecule has 6 heteroatoms. The van der Waals surface area contributed by atoms with Crippen molar-refractivity contribution in [3.63, 3.8) is 0 Å². The largest absolute Gasteiger partial charge is 0.480 e. The van der Waals surface area contributed by atoms with Gasteiger partial charge in [-0.05, 0) is 5.41 Å². The Labute approximate surface area is 120 Å². The fourth-order valence-electron chi connectivity index (χ4n) is 1.44. The molecule has 20 heavy (non-hydrogen) atoms. The van der Waals surface area contributed by atoms with E-state index < -0.39 is 22.8 Å². The van der Waals surface area contributed by atoms with E-state index in [9.17, 15) is 14.4 Å². The van der Waals surface area contributed by atoms with E-state index in [0.717, 1.165) is 0 Å². The third-order valence-corrected chi connectivity index (χ3v) is 2.74. The highest BCUT2D eigenvalue weighted by Gasteiger charge is 2.32. The molecule has 0 unspecified atom stereocenters. The fraction of sp³-hybridized carbons (Fsp3) is 0.786. The van der Waals surface area contributed by atoms with Crippen molar-refractivity contribution in [3.8, 4) is 0 Å². The van der Waals surface area contributed by atoms with Crippen LogP contribution >= 0.6 is 0 Å². The second kappa shape index (κ2) is 6.72. The number of carbonyl (C=O) groups is 3. The summed E-state index contributed by atoms with van der Waals surface area (Å²) in [6.45, 7) is 10.8. The molecule has 0 aliphatic rings. The second-order valence-corrected chi connectivity index (χ2v) is 6.96. The maximum atomic E-state index is 11.7. The number of nitrogens with one attached hydrogen (secondary N) is 2. The van der Waals surface area contributed by atoms with Gasteiger partial charge in [0, 0.05) is 18.4 Å². The van der Waals surface area contributed by atoms with Crippen LogP contribution in [0.3, 0.4) is 0 Å². The van der Waals surface area contributed by atoms with Crippen molar-refractivity contribution >= 4 is 17.8 Å². The summed E-state index contributed by atoms with van der Waals surface area (Å²) in [5, 5.41) is 14.2. The van der Waals surface area contributed by atoms with Crippen molar-refractivity contribution in [1.82, 2.24) is 10.6 Å². The van der Waals surface area contributed by atoms with Crippen molar-refractivity contribution in [2.24, 2.45) is 10.8 Å². The normalized spacial score (nSPS) is 13.5. The van der Waals surface area contributed by atoms with Gasteiger partial charge in [-0.3, -0.25) is 9.59 Å². The third kappa shape index (κ3) is 6.54. The van der Waals surface area contributed by atoms with Gasteiger partial charge >= 0.3 is 5.97 Å². The molecular weight excluding hydrogens is 260 g/mol. The van der Waals surface area contributed by atoms with Gasteiger partial charge in [-0.15, -0.1) is 0 Å². The van der Waals surface area contributed by atoms with E-state index in [1.807, 2.05) is 0 Å². The van der Waals surface area contributed by atoms with E-state index in [-0.39, 0.29) is 24.8 Å². The number of hydrogen-bond donors (Lipinski definition) is 3. The average Bonchev–Trinajstić information content (AvgIpc) is 2.22. The molecule has 0 aliphatic heterocycles. The summed E-state index contributed by atoms with van der Waals surface area (Å²) in [6.07, 6.45) is 0.0572. The highest BCUT2D eigenvalue weighted by atomic mass is 16.4. The first-order chi connectivity index (χ1) is 8.85. The lowest BCUT2D eigenvalue weighted by Gasteiger charge is -2.27. The Morgan fingerprint density at radius 3 is 1.90 bits per heavy atom.